The van der Waals surface area contributed by atoms with E-state index in [9.17, 15) is 22.0 Å². The molecule has 1 heterocycles. The van der Waals surface area contributed by atoms with Crippen molar-refractivity contribution in [3.05, 3.63) is 54.1 Å². The fourth-order valence-electron chi connectivity index (χ4n) is 3.41. The van der Waals surface area contributed by atoms with Crippen molar-refractivity contribution in [1.82, 2.24) is 4.31 Å². The number of nitrogens with one attached hydrogen (secondary N) is 1. The highest BCUT2D eigenvalue weighted by Crippen LogP contribution is 2.30. The van der Waals surface area contributed by atoms with Crippen molar-refractivity contribution >= 4 is 27.7 Å². The lowest BCUT2D eigenvalue weighted by atomic mass is 10.2. The quantitative estimate of drug-likeness (QED) is 0.534. The number of piperidine rings is 1. The van der Waals surface area contributed by atoms with Crippen LogP contribution in [0.25, 0.3) is 6.08 Å². The maximum Gasteiger partial charge on any atom is 0.387 e. The number of halogens is 2. The number of amides is 1. The van der Waals surface area contributed by atoms with Gasteiger partial charge >= 0.3 is 6.61 Å². The first-order valence-corrected chi connectivity index (χ1v) is 12.0. The van der Waals surface area contributed by atoms with Crippen LogP contribution in [-0.4, -0.2) is 44.9 Å². The van der Waals surface area contributed by atoms with Gasteiger partial charge in [-0.1, -0.05) is 18.6 Å². The maximum absolute atomic E-state index is 13.0. The number of anilines is 1. The van der Waals surface area contributed by atoms with Gasteiger partial charge in [0.05, 0.1) is 17.2 Å². The molecule has 1 N–H and O–H groups in total. The summed E-state index contributed by atoms with van der Waals surface area (Å²) in [6.07, 6.45) is 5.39. The second kappa shape index (κ2) is 11.2. The molecule has 7 nitrogen and oxygen atoms in total. The van der Waals surface area contributed by atoms with Crippen molar-refractivity contribution in [2.24, 2.45) is 0 Å². The molecule has 0 unspecified atom stereocenters. The van der Waals surface area contributed by atoms with E-state index in [1.54, 1.807) is 6.92 Å². The molecule has 2 aromatic carbocycles. The Balaban J connectivity index is 1.76. The zero-order valence-electron chi connectivity index (χ0n) is 18.2. The monoisotopic (exact) mass is 480 g/mol. The molecule has 3 rings (SSSR count). The van der Waals surface area contributed by atoms with Crippen molar-refractivity contribution in [2.75, 3.05) is 25.0 Å². The molecule has 1 saturated heterocycles. The van der Waals surface area contributed by atoms with E-state index in [4.69, 9.17) is 4.74 Å². The van der Waals surface area contributed by atoms with E-state index >= 15 is 0 Å². The number of carbonyl (C=O) groups is 1. The third-order valence-corrected chi connectivity index (χ3v) is 6.89. The molecule has 0 saturated carbocycles. The van der Waals surface area contributed by atoms with Gasteiger partial charge in [-0.15, -0.1) is 0 Å². The zero-order chi connectivity index (χ0) is 23.8. The molecule has 0 radical (unpaired) electrons. The Bertz CT molecular complexity index is 1080. The molecular weight excluding hydrogens is 454 g/mol. The number of hydrogen-bond acceptors (Lipinski definition) is 5. The third-order valence-electron chi connectivity index (χ3n) is 4.99. The van der Waals surface area contributed by atoms with Gasteiger partial charge in [0.2, 0.25) is 15.9 Å². The fraction of sp³-hybridized carbons (Fsp3) is 0.348. The van der Waals surface area contributed by atoms with Crippen LogP contribution in [0.15, 0.2) is 53.4 Å². The first-order valence-electron chi connectivity index (χ1n) is 10.6. The van der Waals surface area contributed by atoms with Crippen LogP contribution < -0.4 is 14.8 Å². The highest BCUT2D eigenvalue weighted by atomic mass is 32.2. The SMILES string of the molecule is CCOc1ccc(S(=O)(=O)N2CCCCC2)cc1NC(=O)C=Cc1ccc(OC(F)F)cc1. The van der Waals surface area contributed by atoms with Gasteiger partial charge in [-0.25, -0.2) is 8.42 Å². The zero-order valence-corrected chi connectivity index (χ0v) is 19.0. The lowest BCUT2D eigenvalue weighted by molar-refractivity contribution is -0.111. The highest BCUT2D eigenvalue weighted by Gasteiger charge is 2.27. The summed E-state index contributed by atoms with van der Waals surface area (Å²) in [5, 5.41) is 2.66. The van der Waals surface area contributed by atoms with Crippen molar-refractivity contribution < 1.29 is 31.5 Å². The van der Waals surface area contributed by atoms with E-state index in [0.717, 1.165) is 19.3 Å². The fourth-order valence-corrected chi connectivity index (χ4v) is 4.95. The second-order valence-electron chi connectivity index (χ2n) is 7.33. The van der Waals surface area contributed by atoms with E-state index < -0.39 is 22.5 Å². The molecule has 0 bridgehead atoms. The number of benzene rings is 2. The lowest BCUT2D eigenvalue weighted by Gasteiger charge is -2.26. The maximum atomic E-state index is 13.0. The van der Waals surface area contributed by atoms with E-state index in [1.807, 2.05) is 0 Å². The predicted octanol–water partition coefficient (Wildman–Crippen LogP) is 4.51. The summed E-state index contributed by atoms with van der Waals surface area (Å²) in [5.74, 6) is -0.138. The molecule has 0 atom stereocenters. The Labute approximate surface area is 192 Å². The summed E-state index contributed by atoms with van der Waals surface area (Å²) in [4.78, 5) is 12.6. The molecule has 178 valence electrons. The number of hydrogen-bond donors (Lipinski definition) is 1. The molecule has 2 aromatic rings. The summed E-state index contributed by atoms with van der Waals surface area (Å²) in [6, 6.07) is 10.2. The van der Waals surface area contributed by atoms with Crippen LogP contribution in [0, 0.1) is 0 Å². The van der Waals surface area contributed by atoms with Gasteiger partial charge in [0, 0.05) is 19.2 Å². The summed E-state index contributed by atoms with van der Waals surface area (Å²) in [7, 11) is -3.68. The van der Waals surface area contributed by atoms with Gasteiger partial charge < -0.3 is 14.8 Å². The van der Waals surface area contributed by atoms with Crippen LogP contribution in [0.2, 0.25) is 0 Å². The van der Waals surface area contributed by atoms with Gasteiger partial charge in [0.1, 0.15) is 11.5 Å². The van der Waals surface area contributed by atoms with Crippen LogP contribution in [0.1, 0.15) is 31.7 Å². The standard InChI is InChI=1S/C23H26F2N2O5S/c1-2-31-21-12-11-19(33(29,30)27-14-4-3-5-15-27)16-20(21)26-22(28)13-8-17-6-9-18(10-7-17)32-23(24)25/h6-13,16,23H,2-5,14-15H2,1H3,(H,26,28). The van der Waals surface area contributed by atoms with Crippen molar-refractivity contribution in [3.63, 3.8) is 0 Å². The Hall–Kier alpha value is -2.98. The summed E-state index contributed by atoms with van der Waals surface area (Å²) >= 11 is 0. The van der Waals surface area contributed by atoms with Crippen LogP contribution >= 0.6 is 0 Å². The molecule has 1 amide bonds. The minimum absolute atomic E-state index is 0.0136. The Morgan fingerprint density at radius 2 is 1.82 bits per heavy atom. The smallest absolute Gasteiger partial charge is 0.387 e. The highest BCUT2D eigenvalue weighted by molar-refractivity contribution is 7.89. The topological polar surface area (TPSA) is 84.9 Å². The van der Waals surface area contributed by atoms with Crippen LogP contribution in [0.3, 0.4) is 0 Å². The molecule has 33 heavy (non-hydrogen) atoms. The van der Waals surface area contributed by atoms with E-state index in [1.165, 1.54) is 58.9 Å². The molecular formula is C23H26F2N2O5S. The first kappa shape index (κ1) is 24.7. The van der Waals surface area contributed by atoms with Gasteiger partial charge in [-0.05, 0) is 61.7 Å². The predicted molar refractivity (Wildman–Crippen MR) is 121 cm³/mol. The summed E-state index contributed by atoms with van der Waals surface area (Å²) in [6.45, 7) is 0.156. The van der Waals surface area contributed by atoms with E-state index in [2.05, 4.69) is 10.1 Å². The van der Waals surface area contributed by atoms with Gasteiger partial charge in [-0.2, -0.15) is 13.1 Å². The van der Waals surface area contributed by atoms with E-state index in [0.29, 0.717) is 31.0 Å². The lowest BCUT2D eigenvalue weighted by Crippen LogP contribution is -2.35. The molecule has 0 aliphatic carbocycles. The van der Waals surface area contributed by atoms with Gasteiger partial charge in [-0.3, -0.25) is 4.79 Å². The molecule has 1 fully saturated rings. The van der Waals surface area contributed by atoms with Gasteiger partial charge in [0.25, 0.3) is 0 Å². The number of sulfonamides is 1. The van der Waals surface area contributed by atoms with Gasteiger partial charge in [0.15, 0.2) is 0 Å². The molecule has 0 spiro atoms. The van der Waals surface area contributed by atoms with Crippen molar-refractivity contribution in [3.8, 4) is 11.5 Å². The van der Waals surface area contributed by atoms with Crippen LogP contribution in [0.4, 0.5) is 14.5 Å². The molecule has 1 aliphatic rings. The minimum Gasteiger partial charge on any atom is -0.492 e. The average molecular weight is 481 g/mol. The second-order valence-corrected chi connectivity index (χ2v) is 9.26. The number of carbonyl (C=O) groups excluding carboxylic acids is 1. The van der Waals surface area contributed by atoms with Crippen LogP contribution in [-0.2, 0) is 14.8 Å². The molecule has 1 aliphatic heterocycles. The normalized spacial score (nSPS) is 15.0. The minimum atomic E-state index is -3.68. The first-order chi connectivity index (χ1) is 15.8. The Kier molecular flexibility index (Phi) is 8.40. The molecule has 10 heteroatoms. The Morgan fingerprint density at radius 3 is 2.45 bits per heavy atom. The largest absolute Gasteiger partial charge is 0.492 e. The average Bonchev–Trinajstić information content (AvgIpc) is 2.80. The number of rotatable bonds is 9. The Morgan fingerprint density at radius 1 is 1.12 bits per heavy atom. The van der Waals surface area contributed by atoms with Crippen LogP contribution in [0.5, 0.6) is 11.5 Å². The summed E-state index contributed by atoms with van der Waals surface area (Å²) in [5.41, 5.74) is 0.837. The third kappa shape index (κ3) is 6.75. The number of nitrogens with zero attached hydrogens (tertiary/aromatic N) is 1. The van der Waals surface area contributed by atoms with E-state index in [-0.39, 0.29) is 16.3 Å². The number of alkyl halides is 2. The van der Waals surface area contributed by atoms with Crippen molar-refractivity contribution in [2.45, 2.75) is 37.7 Å². The summed E-state index contributed by atoms with van der Waals surface area (Å²) < 4.78 is 61.8. The molecule has 0 aromatic heterocycles. The number of ether oxygens (including phenoxy) is 2. The van der Waals surface area contributed by atoms with Crippen molar-refractivity contribution in [1.29, 1.82) is 0 Å².